The van der Waals surface area contributed by atoms with E-state index in [0.717, 1.165) is 12.8 Å². The number of carbonyl (C=O) groups is 1. The van der Waals surface area contributed by atoms with Crippen LogP contribution in [0.4, 0.5) is 5.69 Å². The van der Waals surface area contributed by atoms with E-state index < -0.39 is 0 Å². The third kappa shape index (κ3) is 3.70. The van der Waals surface area contributed by atoms with Gasteiger partial charge in [-0.05, 0) is 31.0 Å². The Bertz CT molecular complexity index is 405. The molecule has 1 aromatic rings. The highest BCUT2D eigenvalue weighted by atomic mass is 35.5. The van der Waals surface area contributed by atoms with Crippen molar-refractivity contribution in [3.8, 4) is 0 Å². The maximum atomic E-state index is 11.5. The number of hydrogen-bond acceptors (Lipinski definition) is 3. The summed E-state index contributed by atoms with van der Waals surface area (Å²) in [4.78, 5) is 11.5. The lowest BCUT2D eigenvalue weighted by molar-refractivity contribution is -0.124. The molecule has 4 nitrogen and oxygen atoms in total. The molecule has 92 valence electrons. The van der Waals surface area contributed by atoms with Crippen LogP contribution in [0.3, 0.4) is 0 Å². The van der Waals surface area contributed by atoms with Gasteiger partial charge < -0.3 is 15.8 Å². The van der Waals surface area contributed by atoms with Gasteiger partial charge >= 0.3 is 0 Å². The quantitative estimate of drug-likeness (QED) is 0.861. The third-order valence-electron chi connectivity index (χ3n) is 2.69. The van der Waals surface area contributed by atoms with Crippen molar-refractivity contribution in [2.75, 3.05) is 11.9 Å². The van der Waals surface area contributed by atoms with E-state index in [1.54, 1.807) is 24.3 Å². The van der Waals surface area contributed by atoms with Crippen LogP contribution in [0.2, 0.25) is 5.02 Å². The maximum absolute atomic E-state index is 11.5. The molecule has 0 aromatic heterocycles. The summed E-state index contributed by atoms with van der Waals surface area (Å²) in [5.41, 5.74) is 6.30. The molecule has 0 saturated heterocycles. The van der Waals surface area contributed by atoms with Crippen molar-refractivity contribution in [2.45, 2.75) is 25.0 Å². The van der Waals surface area contributed by atoms with Gasteiger partial charge in [0.25, 0.3) is 0 Å². The molecule has 3 N–H and O–H groups in total. The van der Waals surface area contributed by atoms with E-state index in [0.29, 0.717) is 10.7 Å². The fourth-order valence-electron chi connectivity index (χ4n) is 1.70. The molecular formula is C12H15ClN2O2. The van der Waals surface area contributed by atoms with Gasteiger partial charge in [0.1, 0.15) is 6.61 Å². The Hall–Kier alpha value is -1.10. The molecule has 0 unspecified atom stereocenters. The summed E-state index contributed by atoms with van der Waals surface area (Å²) >= 11 is 5.81. The van der Waals surface area contributed by atoms with Crippen LogP contribution >= 0.6 is 11.6 Å². The number of hydrogen-bond donors (Lipinski definition) is 2. The molecule has 1 aliphatic carbocycles. The molecule has 17 heavy (non-hydrogen) atoms. The van der Waals surface area contributed by atoms with E-state index in [-0.39, 0.29) is 24.7 Å². The van der Waals surface area contributed by atoms with Crippen LogP contribution in [-0.4, -0.2) is 24.7 Å². The smallest absolute Gasteiger partial charge is 0.250 e. The number of nitrogens with two attached hydrogens (primary N) is 1. The summed E-state index contributed by atoms with van der Waals surface area (Å²) < 4.78 is 5.39. The Kier molecular flexibility index (Phi) is 3.99. The second-order valence-electron chi connectivity index (χ2n) is 4.22. The average molecular weight is 255 g/mol. The molecule has 0 bridgehead atoms. The fraction of sp³-hybridized carbons (Fsp3) is 0.417. The van der Waals surface area contributed by atoms with E-state index in [1.165, 1.54) is 0 Å². The Balaban J connectivity index is 1.73. The number of rotatable bonds is 4. The highest BCUT2D eigenvalue weighted by Crippen LogP contribution is 2.21. The summed E-state index contributed by atoms with van der Waals surface area (Å²) in [7, 11) is 0. The average Bonchev–Trinajstić information content (AvgIpc) is 2.23. The van der Waals surface area contributed by atoms with E-state index in [9.17, 15) is 4.79 Å². The lowest BCUT2D eigenvalue weighted by atomic mass is 9.90. The number of amides is 1. The van der Waals surface area contributed by atoms with Crippen LogP contribution in [0.1, 0.15) is 12.8 Å². The van der Waals surface area contributed by atoms with Crippen molar-refractivity contribution in [2.24, 2.45) is 5.73 Å². The van der Waals surface area contributed by atoms with Gasteiger partial charge in [0, 0.05) is 16.8 Å². The predicted molar refractivity (Wildman–Crippen MR) is 67.0 cm³/mol. The summed E-state index contributed by atoms with van der Waals surface area (Å²) in [6, 6.07) is 7.24. The van der Waals surface area contributed by atoms with E-state index in [1.807, 2.05) is 0 Å². The Morgan fingerprint density at radius 2 is 2.29 bits per heavy atom. The zero-order valence-corrected chi connectivity index (χ0v) is 10.1. The second kappa shape index (κ2) is 5.49. The van der Waals surface area contributed by atoms with Crippen molar-refractivity contribution in [3.05, 3.63) is 29.3 Å². The molecule has 2 rings (SSSR count). The van der Waals surface area contributed by atoms with Crippen molar-refractivity contribution in [3.63, 3.8) is 0 Å². The first-order chi connectivity index (χ1) is 8.13. The number of ether oxygens (including phenoxy) is 1. The minimum absolute atomic E-state index is 0.0594. The van der Waals surface area contributed by atoms with Gasteiger partial charge in [0.2, 0.25) is 5.91 Å². The normalized spacial score (nSPS) is 22.9. The van der Waals surface area contributed by atoms with Gasteiger partial charge in [-0.15, -0.1) is 0 Å². The first-order valence-electron chi connectivity index (χ1n) is 5.56. The Morgan fingerprint density at radius 3 is 2.94 bits per heavy atom. The van der Waals surface area contributed by atoms with Crippen LogP contribution in [0.15, 0.2) is 24.3 Å². The SMILES string of the molecule is NC1CC(OCC(=O)Nc2cccc(Cl)c2)C1. The summed E-state index contributed by atoms with van der Waals surface area (Å²) in [6.07, 6.45) is 1.81. The molecule has 0 radical (unpaired) electrons. The summed E-state index contributed by atoms with van der Waals surface area (Å²) in [5.74, 6) is -0.173. The highest BCUT2D eigenvalue weighted by molar-refractivity contribution is 6.30. The molecular weight excluding hydrogens is 240 g/mol. The number of benzene rings is 1. The number of anilines is 1. The van der Waals surface area contributed by atoms with Crippen LogP contribution in [0.5, 0.6) is 0 Å². The van der Waals surface area contributed by atoms with Gasteiger partial charge in [-0.25, -0.2) is 0 Å². The third-order valence-corrected chi connectivity index (χ3v) is 2.92. The van der Waals surface area contributed by atoms with Gasteiger partial charge in [-0.1, -0.05) is 17.7 Å². The minimum Gasteiger partial charge on any atom is -0.368 e. The van der Waals surface area contributed by atoms with Crippen LogP contribution in [0.25, 0.3) is 0 Å². The lowest BCUT2D eigenvalue weighted by Gasteiger charge is -2.31. The lowest BCUT2D eigenvalue weighted by Crippen LogP contribution is -2.42. The van der Waals surface area contributed by atoms with Gasteiger partial charge in [0.05, 0.1) is 6.10 Å². The molecule has 0 heterocycles. The van der Waals surface area contributed by atoms with Gasteiger partial charge in [-0.3, -0.25) is 4.79 Å². The monoisotopic (exact) mass is 254 g/mol. The Labute approximate surface area is 105 Å². The number of halogens is 1. The molecule has 1 amide bonds. The van der Waals surface area contributed by atoms with Crippen molar-refractivity contribution in [1.29, 1.82) is 0 Å². The Morgan fingerprint density at radius 1 is 1.53 bits per heavy atom. The van der Waals surface area contributed by atoms with Gasteiger partial charge in [0.15, 0.2) is 0 Å². The van der Waals surface area contributed by atoms with E-state index >= 15 is 0 Å². The summed E-state index contributed by atoms with van der Waals surface area (Å²) in [6.45, 7) is 0.0594. The maximum Gasteiger partial charge on any atom is 0.250 e. The van der Waals surface area contributed by atoms with E-state index in [2.05, 4.69) is 5.32 Å². The van der Waals surface area contributed by atoms with Crippen molar-refractivity contribution >= 4 is 23.2 Å². The zero-order chi connectivity index (χ0) is 12.3. The molecule has 5 heteroatoms. The molecule has 1 fully saturated rings. The molecule has 1 saturated carbocycles. The molecule has 1 aromatic carbocycles. The van der Waals surface area contributed by atoms with Crippen molar-refractivity contribution in [1.82, 2.24) is 0 Å². The van der Waals surface area contributed by atoms with Crippen LogP contribution in [0, 0.1) is 0 Å². The summed E-state index contributed by atoms with van der Waals surface area (Å²) in [5, 5.41) is 3.31. The van der Waals surface area contributed by atoms with Gasteiger partial charge in [-0.2, -0.15) is 0 Å². The number of carbonyl (C=O) groups excluding carboxylic acids is 1. The number of nitrogens with one attached hydrogen (secondary N) is 1. The van der Waals surface area contributed by atoms with Crippen LogP contribution < -0.4 is 11.1 Å². The first-order valence-corrected chi connectivity index (χ1v) is 5.94. The topological polar surface area (TPSA) is 64.3 Å². The largest absolute Gasteiger partial charge is 0.368 e. The van der Waals surface area contributed by atoms with Crippen molar-refractivity contribution < 1.29 is 9.53 Å². The second-order valence-corrected chi connectivity index (χ2v) is 4.66. The molecule has 0 spiro atoms. The standard InChI is InChI=1S/C12H15ClN2O2/c13-8-2-1-3-10(4-8)15-12(16)7-17-11-5-9(14)6-11/h1-4,9,11H,5-7,14H2,(H,15,16). The van der Waals surface area contributed by atoms with Crippen LogP contribution in [-0.2, 0) is 9.53 Å². The predicted octanol–water partition coefficient (Wildman–Crippen LogP) is 1.78. The minimum atomic E-state index is -0.173. The fourth-order valence-corrected chi connectivity index (χ4v) is 1.89. The molecule has 1 aliphatic rings. The zero-order valence-electron chi connectivity index (χ0n) is 9.36. The first kappa shape index (κ1) is 12.4. The van der Waals surface area contributed by atoms with E-state index in [4.69, 9.17) is 22.1 Å². The molecule has 0 aliphatic heterocycles. The molecule has 0 atom stereocenters. The highest BCUT2D eigenvalue weighted by Gasteiger charge is 2.26.